The van der Waals surface area contributed by atoms with E-state index in [0.717, 1.165) is 22.5 Å². The molecular formula is C18H20FN5OS. The van der Waals surface area contributed by atoms with Crippen LogP contribution in [-0.4, -0.2) is 38.3 Å². The van der Waals surface area contributed by atoms with Gasteiger partial charge in [0, 0.05) is 23.5 Å². The van der Waals surface area contributed by atoms with Crippen LogP contribution in [0.5, 0.6) is 0 Å². The van der Waals surface area contributed by atoms with Gasteiger partial charge in [-0.15, -0.1) is 5.10 Å². The fourth-order valence-electron chi connectivity index (χ4n) is 2.75. The number of carbonyl (C=O) groups is 1. The highest BCUT2D eigenvalue weighted by Crippen LogP contribution is 2.17. The van der Waals surface area contributed by atoms with Gasteiger partial charge in [-0.05, 0) is 44.2 Å². The lowest BCUT2D eigenvalue weighted by Crippen LogP contribution is -2.28. The molecule has 136 valence electrons. The second-order valence-electron chi connectivity index (χ2n) is 5.97. The zero-order chi connectivity index (χ0) is 18.7. The number of aryl methyl sites for hydroxylation is 2. The van der Waals surface area contributed by atoms with E-state index in [1.54, 1.807) is 16.6 Å². The predicted octanol–water partition coefficient (Wildman–Crippen LogP) is 2.50. The van der Waals surface area contributed by atoms with Crippen molar-refractivity contribution in [2.75, 3.05) is 12.8 Å². The first-order valence-corrected chi connectivity index (χ1v) is 9.48. The van der Waals surface area contributed by atoms with Crippen LogP contribution in [0.15, 0.2) is 29.4 Å². The zero-order valence-electron chi connectivity index (χ0n) is 14.9. The second-order valence-corrected chi connectivity index (χ2v) is 6.75. The zero-order valence-corrected chi connectivity index (χ0v) is 15.7. The quantitative estimate of drug-likeness (QED) is 0.672. The van der Waals surface area contributed by atoms with Gasteiger partial charge in [0.2, 0.25) is 11.1 Å². The Labute approximate surface area is 155 Å². The summed E-state index contributed by atoms with van der Waals surface area (Å²) in [4.78, 5) is 21.1. The van der Waals surface area contributed by atoms with E-state index in [1.807, 2.05) is 20.1 Å². The Bertz CT molecular complexity index is 939. The normalized spacial score (nSPS) is 11.1. The SMILES string of the molecule is CSc1nc2nc(C)c(CC(=O)NCCc3ccc(F)cc3)c(C)n2n1. The van der Waals surface area contributed by atoms with Crippen molar-refractivity contribution in [3.8, 4) is 0 Å². The summed E-state index contributed by atoms with van der Waals surface area (Å²) in [7, 11) is 0. The first-order valence-electron chi connectivity index (χ1n) is 8.26. The number of hydrogen-bond acceptors (Lipinski definition) is 5. The van der Waals surface area contributed by atoms with E-state index in [0.29, 0.717) is 23.9 Å². The van der Waals surface area contributed by atoms with Crippen molar-refractivity contribution in [3.63, 3.8) is 0 Å². The largest absolute Gasteiger partial charge is 0.355 e. The van der Waals surface area contributed by atoms with Crippen molar-refractivity contribution in [2.24, 2.45) is 0 Å². The molecule has 3 rings (SSSR count). The summed E-state index contributed by atoms with van der Waals surface area (Å²) in [5.41, 5.74) is 3.49. The van der Waals surface area contributed by atoms with Crippen molar-refractivity contribution in [2.45, 2.75) is 31.8 Å². The highest BCUT2D eigenvalue weighted by atomic mass is 32.2. The minimum Gasteiger partial charge on any atom is -0.355 e. The van der Waals surface area contributed by atoms with E-state index in [-0.39, 0.29) is 18.1 Å². The van der Waals surface area contributed by atoms with Crippen LogP contribution in [0.1, 0.15) is 22.5 Å². The molecule has 2 aromatic heterocycles. The van der Waals surface area contributed by atoms with Gasteiger partial charge in [0.25, 0.3) is 5.78 Å². The van der Waals surface area contributed by atoms with Gasteiger partial charge < -0.3 is 5.32 Å². The van der Waals surface area contributed by atoms with Gasteiger partial charge in [0.15, 0.2) is 0 Å². The van der Waals surface area contributed by atoms with Crippen molar-refractivity contribution in [3.05, 3.63) is 52.6 Å². The Morgan fingerprint density at radius 1 is 1.23 bits per heavy atom. The number of rotatable bonds is 6. The molecule has 0 atom stereocenters. The topological polar surface area (TPSA) is 72.2 Å². The Balaban J connectivity index is 1.66. The summed E-state index contributed by atoms with van der Waals surface area (Å²) >= 11 is 1.45. The molecule has 0 spiro atoms. The lowest BCUT2D eigenvalue weighted by Gasteiger charge is -2.11. The molecule has 0 fully saturated rings. The number of nitrogens with one attached hydrogen (secondary N) is 1. The van der Waals surface area contributed by atoms with Gasteiger partial charge in [0.05, 0.1) is 6.42 Å². The highest BCUT2D eigenvalue weighted by Gasteiger charge is 2.15. The monoisotopic (exact) mass is 373 g/mol. The molecule has 2 heterocycles. The molecule has 0 bridgehead atoms. The molecule has 3 aromatic rings. The maximum atomic E-state index is 12.9. The summed E-state index contributed by atoms with van der Waals surface area (Å²) in [6.45, 7) is 4.29. The van der Waals surface area contributed by atoms with E-state index in [4.69, 9.17) is 0 Å². The molecule has 0 aliphatic carbocycles. The number of amides is 1. The maximum Gasteiger partial charge on any atom is 0.253 e. The molecule has 1 amide bonds. The fraction of sp³-hybridized carbons (Fsp3) is 0.333. The molecule has 6 nitrogen and oxygen atoms in total. The standard InChI is InChI=1S/C18H20FN5OS/c1-11-15(12(2)24-17(21-11)22-18(23-24)26-3)10-16(25)20-9-8-13-4-6-14(19)7-5-13/h4-7H,8-10H2,1-3H3,(H,20,25). The van der Waals surface area contributed by atoms with Crippen LogP contribution in [0.25, 0.3) is 5.78 Å². The number of halogens is 1. The molecule has 0 aliphatic heterocycles. The number of thioether (sulfide) groups is 1. The summed E-state index contributed by atoms with van der Waals surface area (Å²) in [5.74, 6) is 0.207. The average molecular weight is 373 g/mol. The third-order valence-corrected chi connectivity index (χ3v) is 4.74. The van der Waals surface area contributed by atoms with E-state index < -0.39 is 0 Å². The number of fused-ring (bicyclic) bond motifs is 1. The Hall–Kier alpha value is -2.48. The van der Waals surface area contributed by atoms with E-state index in [1.165, 1.54) is 23.9 Å². The summed E-state index contributed by atoms with van der Waals surface area (Å²) < 4.78 is 14.6. The molecule has 8 heteroatoms. The lowest BCUT2D eigenvalue weighted by molar-refractivity contribution is -0.120. The smallest absolute Gasteiger partial charge is 0.253 e. The van der Waals surface area contributed by atoms with Crippen LogP contribution < -0.4 is 5.32 Å². The van der Waals surface area contributed by atoms with E-state index in [9.17, 15) is 9.18 Å². The van der Waals surface area contributed by atoms with Gasteiger partial charge >= 0.3 is 0 Å². The van der Waals surface area contributed by atoms with Gasteiger partial charge in [-0.3, -0.25) is 4.79 Å². The lowest BCUT2D eigenvalue weighted by atomic mass is 10.1. The molecule has 0 aliphatic rings. The van der Waals surface area contributed by atoms with E-state index in [2.05, 4.69) is 20.4 Å². The van der Waals surface area contributed by atoms with Gasteiger partial charge in [-0.25, -0.2) is 13.9 Å². The number of hydrogen-bond donors (Lipinski definition) is 1. The second kappa shape index (κ2) is 7.82. The average Bonchev–Trinajstić information content (AvgIpc) is 3.03. The van der Waals surface area contributed by atoms with Crippen LogP contribution >= 0.6 is 11.8 Å². The number of carbonyl (C=O) groups excluding carboxylic acids is 1. The fourth-order valence-corrected chi connectivity index (χ4v) is 3.09. The Morgan fingerprint density at radius 3 is 2.65 bits per heavy atom. The predicted molar refractivity (Wildman–Crippen MR) is 98.9 cm³/mol. The third-order valence-electron chi connectivity index (χ3n) is 4.20. The summed E-state index contributed by atoms with van der Waals surface area (Å²) in [5, 5.41) is 7.95. The molecule has 0 unspecified atom stereocenters. The van der Waals surface area contributed by atoms with Gasteiger partial charge in [-0.2, -0.15) is 4.98 Å². The molecule has 26 heavy (non-hydrogen) atoms. The first kappa shape index (κ1) is 18.3. The summed E-state index contributed by atoms with van der Waals surface area (Å²) in [6.07, 6.45) is 2.80. The molecule has 0 saturated carbocycles. The molecule has 0 radical (unpaired) electrons. The van der Waals surface area contributed by atoms with Crippen molar-refractivity contribution in [1.29, 1.82) is 0 Å². The van der Waals surface area contributed by atoms with Crippen molar-refractivity contribution in [1.82, 2.24) is 24.9 Å². The van der Waals surface area contributed by atoms with Crippen molar-refractivity contribution >= 4 is 23.4 Å². The highest BCUT2D eigenvalue weighted by molar-refractivity contribution is 7.98. The van der Waals surface area contributed by atoms with Crippen LogP contribution in [0.2, 0.25) is 0 Å². The Morgan fingerprint density at radius 2 is 1.96 bits per heavy atom. The molecular weight excluding hydrogens is 353 g/mol. The van der Waals surface area contributed by atoms with Crippen molar-refractivity contribution < 1.29 is 9.18 Å². The number of aromatic nitrogens is 4. The number of benzene rings is 1. The summed E-state index contributed by atoms with van der Waals surface area (Å²) in [6, 6.07) is 6.29. The molecule has 0 saturated heterocycles. The van der Waals surface area contributed by atoms with Crippen LogP contribution in [0.3, 0.4) is 0 Å². The van der Waals surface area contributed by atoms with Crippen LogP contribution in [0, 0.1) is 19.7 Å². The third kappa shape index (κ3) is 4.01. The minimum atomic E-state index is -0.260. The molecule has 1 N–H and O–H groups in total. The van der Waals surface area contributed by atoms with Gasteiger partial charge in [-0.1, -0.05) is 23.9 Å². The van der Waals surface area contributed by atoms with Crippen LogP contribution in [0.4, 0.5) is 4.39 Å². The number of nitrogens with zero attached hydrogens (tertiary/aromatic N) is 4. The maximum absolute atomic E-state index is 12.9. The first-order chi connectivity index (χ1) is 12.5. The Kier molecular flexibility index (Phi) is 5.51. The minimum absolute atomic E-state index is 0.0790. The van der Waals surface area contributed by atoms with Crippen LogP contribution in [-0.2, 0) is 17.6 Å². The molecule has 1 aromatic carbocycles. The van der Waals surface area contributed by atoms with Gasteiger partial charge in [0.1, 0.15) is 5.82 Å². The van der Waals surface area contributed by atoms with E-state index >= 15 is 0 Å².